The molecule has 0 heterocycles. The van der Waals surface area contributed by atoms with Gasteiger partial charge in [0.05, 0.1) is 2.74 Å². The normalized spacial score (nSPS) is 12.8. The molecule has 0 atom stereocenters. The highest BCUT2D eigenvalue weighted by molar-refractivity contribution is 5.06. The highest BCUT2D eigenvalue weighted by Gasteiger charge is 2.00. The predicted octanol–water partition coefficient (Wildman–Crippen LogP) is 1.90. The first-order valence-electron chi connectivity index (χ1n) is 3.07. The molecule has 0 unspecified atom stereocenters. The van der Waals surface area contributed by atoms with Crippen LogP contribution in [0.25, 0.3) is 0 Å². The van der Waals surface area contributed by atoms with E-state index in [1.54, 1.807) is 6.07 Å². The van der Waals surface area contributed by atoms with E-state index in [0.717, 1.165) is 0 Å². The standard InChI is InChI=1S/C6H2F3/c7-4-1-2-5(8)6(9)3-4/h2-3H/i2D,3D. The number of halogens is 3. The second-order valence-electron chi connectivity index (χ2n) is 1.32. The van der Waals surface area contributed by atoms with Crippen LogP contribution in [0, 0.1) is 23.5 Å². The summed E-state index contributed by atoms with van der Waals surface area (Å²) in [7, 11) is 0. The lowest BCUT2D eigenvalue weighted by Crippen LogP contribution is -1.83. The third-order valence-corrected chi connectivity index (χ3v) is 0.694. The molecule has 1 aromatic rings. The Balaban J connectivity index is 3.46. The maximum atomic E-state index is 12.3. The molecule has 47 valence electrons. The van der Waals surface area contributed by atoms with Crippen LogP contribution in [0.3, 0.4) is 0 Å². The summed E-state index contributed by atoms with van der Waals surface area (Å²) in [6.45, 7) is 0. The van der Waals surface area contributed by atoms with Gasteiger partial charge in [0, 0.05) is 12.1 Å². The zero-order chi connectivity index (χ0) is 8.59. The summed E-state index contributed by atoms with van der Waals surface area (Å²) in [4.78, 5) is 0. The van der Waals surface area contributed by atoms with Crippen molar-refractivity contribution in [2.45, 2.75) is 0 Å². The van der Waals surface area contributed by atoms with E-state index in [-0.39, 0.29) is 0 Å². The Labute approximate surface area is 52.7 Å². The van der Waals surface area contributed by atoms with E-state index in [2.05, 4.69) is 0 Å². The number of hydrogen-bond acceptors (Lipinski definition) is 0. The molecule has 0 fully saturated rings. The highest BCUT2D eigenvalue weighted by Crippen LogP contribution is 2.05. The Bertz CT molecular complexity index is 272. The number of hydrogen-bond donors (Lipinski definition) is 0. The van der Waals surface area contributed by atoms with Gasteiger partial charge in [0.2, 0.25) is 0 Å². The highest BCUT2D eigenvalue weighted by atomic mass is 19.2. The van der Waals surface area contributed by atoms with Gasteiger partial charge in [-0.05, 0) is 6.04 Å². The van der Waals surface area contributed by atoms with Gasteiger partial charge in [0.15, 0.2) is 11.6 Å². The molecule has 1 radical (unpaired) electrons. The molecule has 0 saturated carbocycles. The zero-order valence-corrected chi connectivity index (χ0v) is 4.13. The maximum absolute atomic E-state index is 12.3. The fourth-order valence-corrected chi connectivity index (χ4v) is 0.347. The minimum Gasteiger partial charge on any atom is -0.206 e. The van der Waals surface area contributed by atoms with Crippen molar-refractivity contribution in [1.82, 2.24) is 0 Å². The summed E-state index contributed by atoms with van der Waals surface area (Å²) >= 11 is 0. The maximum Gasteiger partial charge on any atom is 0.161 e. The van der Waals surface area contributed by atoms with Gasteiger partial charge in [-0.2, -0.15) is 0 Å². The zero-order valence-electron chi connectivity index (χ0n) is 6.13. The van der Waals surface area contributed by atoms with Crippen LogP contribution >= 0.6 is 0 Å². The molecule has 9 heavy (non-hydrogen) atoms. The van der Waals surface area contributed by atoms with E-state index in [1.807, 2.05) is 0 Å². The second kappa shape index (κ2) is 2.09. The third kappa shape index (κ3) is 1.22. The summed E-state index contributed by atoms with van der Waals surface area (Å²) < 4.78 is 50.0. The van der Waals surface area contributed by atoms with Gasteiger partial charge in [-0.15, -0.1) is 0 Å². The van der Waals surface area contributed by atoms with Crippen molar-refractivity contribution in [3.8, 4) is 0 Å². The smallest absolute Gasteiger partial charge is 0.161 e. The Morgan fingerprint density at radius 2 is 2.00 bits per heavy atom. The molecule has 0 N–H and O–H groups in total. The Kier molecular flexibility index (Phi) is 0.912. The lowest BCUT2D eigenvalue weighted by atomic mass is 10.3. The number of rotatable bonds is 0. The summed E-state index contributed by atoms with van der Waals surface area (Å²) in [6, 6.07) is -0.654. The van der Waals surface area contributed by atoms with E-state index in [4.69, 9.17) is 2.74 Å². The van der Waals surface area contributed by atoms with Crippen molar-refractivity contribution >= 4 is 0 Å². The van der Waals surface area contributed by atoms with Gasteiger partial charge >= 0.3 is 0 Å². The fourth-order valence-electron chi connectivity index (χ4n) is 0.347. The molecule has 3 heteroatoms. The van der Waals surface area contributed by atoms with Gasteiger partial charge in [-0.25, -0.2) is 13.2 Å². The molecular formula is C6H2F3. The van der Waals surface area contributed by atoms with Gasteiger partial charge in [-0.3, -0.25) is 0 Å². The Morgan fingerprint density at radius 3 is 2.67 bits per heavy atom. The molecule has 0 nitrogen and oxygen atoms in total. The van der Waals surface area contributed by atoms with Crippen LogP contribution in [0.15, 0.2) is 12.1 Å². The SMILES string of the molecule is [2H]c1[c]c(F)c([2H])c(F)c1F. The van der Waals surface area contributed by atoms with Crippen LogP contribution in [-0.4, -0.2) is 0 Å². The Hall–Kier alpha value is -0.990. The summed E-state index contributed by atoms with van der Waals surface area (Å²) in [5.74, 6) is -4.54. The molecular weight excluding hydrogens is 129 g/mol. The molecule has 0 spiro atoms. The molecule has 0 amide bonds. The molecule has 0 aliphatic heterocycles. The largest absolute Gasteiger partial charge is 0.206 e. The lowest BCUT2D eigenvalue weighted by Gasteiger charge is -1.88. The van der Waals surface area contributed by atoms with Crippen LogP contribution in [-0.2, 0) is 0 Å². The van der Waals surface area contributed by atoms with E-state index in [1.165, 1.54) is 0 Å². The van der Waals surface area contributed by atoms with Gasteiger partial charge in [0.25, 0.3) is 0 Å². The second-order valence-corrected chi connectivity index (χ2v) is 1.32. The van der Waals surface area contributed by atoms with Crippen molar-refractivity contribution in [3.05, 3.63) is 35.6 Å². The van der Waals surface area contributed by atoms with Gasteiger partial charge in [0.1, 0.15) is 5.82 Å². The number of benzene rings is 1. The molecule has 1 aromatic carbocycles. The third-order valence-electron chi connectivity index (χ3n) is 0.694. The molecule has 1 rings (SSSR count). The average molecular weight is 133 g/mol. The van der Waals surface area contributed by atoms with Crippen LogP contribution in [0.4, 0.5) is 13.2 Å². The summed E-state index contributed by atoms with van der Waals surface area (Å²) in [5.41, 5.74) is 0. The fraction of sp³-hybridized carbons (Fsp3) is 0. The monoisotopic (exact) mass is 133 g/mol. The average Bonchev–Trinajstić information content (AvgIpc) is 1.97. The van der Waals surface area contributed by atoms with Gasteiger partial charge in [-0.1, -0.05) is 0 Å². The van der Waals surface area contributed by atoms with E-state index in [0.29, 0.717) is 0 Å². The molecule has 0 saturated heterocycles. The quantitative estimate of drug-likeness (QED) is 0.474. The first-order valence-corrected chi connectivity index (χ1v) is 2.07. The first kappa shape index (κ1) is 3.93. The van der Waals surface area contributed by atoms with Crippen molar-refractivity contribution in [2.24, 2.45) is 0 Å². The topological polar surface area (TPSA) is 0 Å². The van der Waals surface area contributed by atoms with Gasteiger partial charge < -0.3 is 0 Å². The Morgan fingerprint density at radius 1 is 1.33 bits per heavy atom. The van der Waals surface area contributed by atoms with Crippen LogP contribution in [0.1, 0.15) is 2.74 Å². The predicted molar refractivity (Wildman–Crippen MR) is 25.2 cm³/mol. The van der Waals surface area contributed by atoms with Crippen LogP contribution in [0.5, 0.6) is 0 Å². The lowest BCUT2D eigenvalue weighted by molar-refractivity contribution is 0.494. The van der Waals surface area contributed by atoms with Crippen LogP contribution < -0.4 is 0 Å². The summed E-state index contributed by atoms with van der Waals surface area (Å²) in [6.07, 6.45) is 0. The molecule has 0 bridgehead atoms. The molecule has 0 aromatic heterocycles. The molecule has 0 aliphatic rings. The van der Waals surface area contributed by atoms with E-state index >= 15 is 0 Å². The van der Waals surface area contributed by atoms with E-state index < -0.39 is 29.5 Å². The van der Waals surface area contributed by atoms with Crippen molar-refractivity contribution in [3.63, 3.8) is 0 Å². The van der Waals surface area contributed by atoms with Crippen molar-refractivity contribution in [1.29, 1.82) is 0 Å². The van der Waals surface area contributed by atoms with E-state index in [9.17, 15) is 13.2 Å². The molecule has 0 aliphatic carbocycles. The van der Waals surface area contributed by atoms with Crippen LogP contribution in [0.2, 0.25) is 0 Å². The minimum atomic E-state index is -1.65. The van der Waals surface area contributed by atoms with Crippen molar-refractivity contribution in [2.75, 3.05) is 0 Å². The summed E-state index contributed by atoms with van der Waals surface area (Å²) in [5, 5.41) is 0. The minimum absolute atomic E-state index is 1.00. The first-order chi connectivity index (χ1) is 5.04. The van der Waals surface area contributed by atoms with Crippen molar-refractivity contribution < 1.29 is 15.9 Å².